The molecule has 0 radical (unpaired) electrons. The van der Waals surface area contributed by atoms with Gasteiger partial charge in [-0.2, -0.15) is 0 Å². The molecular formula is C14H24N2O4. The molecule has 2 fully saturated rings. The van der Waals surface area contributed by atoms with Crippen molar-refractivity contribution in [1.29, 1.82) is 0 Å². The van der Waals surface area contributed by atoms with Crippen molar-refractivity contribution in [3.05, 3.63) is 0 Å². The lowest BCUT2D eigenvalue weighted by Crippen LogP contribution is -2.50. The van der Waals surface area contributed by atoms with Crippen molar-refractivity contribution < 1.29 is 19.4 Å². The summed E-state index contributed by atoms with van der Waals surface area (Å²) >= 11 is 0. The molecular weight excluding hydrogens is 260 g/mol. The van der Waals surface area contributed by atoms with Gasteiger partial charge < -0.3 is 14.7 Å². The number of carboxylic acid groups (broad SMARTS) is 1. The number of likely N-dealkylation sites (tertiary alicyclic amines) is 2. The van der Waals surface area contributed by atoms with Crippen LogP contribution in [0.1, 0.15) is 32.1 Å². The van der Waals surface area contributed by atoms with Crippen molar-refractivity contribution in [3.8, 4) is 0 Å². The number of carboxylic acids is 1. The molecule has 2 aliphatic heterocycles. The zero-order valence-corrected chi connectivity index (χ0v) is 12.1. The van der Waals surface area contributed by atoms with Gasteiger partial charge in [-0.1, -0.05) is 0 Å². The lowest BCUT2D eigenvalue weighted by Gasteiger charge is -2.38. The highest BCUT2D eigenvalue weighted by molar-refractivity contribution is 5.76. The van der Waals surface area contributed by atoms with E-state index < -0.39 is 5.97 Å². The van der Waals surface area contributed by atoms with Crippen LogP contribution in [0.3, 0.4) is 0 Å². The van der Waals surface area contributed by atoms with Gasteiger partial charge in [0, 0.05) is 26.2 Å². The minimum Gasteiger partial charge on any atom is -0.480 e. The number of ether oxygens (including phenoxy) is 1. The third-order valence-corrected chi connectivity index (χ3v) is 4.39. The molecule has 114 valence electrons. The topological polar surface area (TPSA) is 70.1 Å². The van der Waals surface area contributed by atoms with Crippen LogP contribution in [0.5, 0.6) is 0 Å². The summed E-state index contributed by atoms with van der Waals surface area (Å²) in [4.78, 5) is 27.1. The van der Waals surface area contributed by atoms with Gasteiger partial charge in [-0.25, -0.2) is 0 Å². The maximum atomic E-state index is 11.9. The van der Waals surface area contributed by atoms with Crippen LogP contribution >= 0.6 is 0 Å². The standard InChI is InChI=1S/C14H24N2O4/c1-20-10-6-13(17)15-8-4-11(5-9-15)16-7-2-3-12(16)14(18)19/h11-12H,2-10H2,1H3,(H,18,19). The van der Waals surface area contributed by atoms with Gasteiger partial charge >= 0.3 is 5.97 Å². The molecule has 0 bridgehead atoms. The molecule has 20 heavy (non-hydrogen) atoms. The van der Waals surface area contributed by atoms with Crippen molar-refractivity contribution in [2.75, 3.05) is 33.4 Å². The third kappa shape index (κ3) is 3.49. The van der Waals surface area contributed by atoms with E-state index in [0.29, 0.717) is 19.1 Å². The molecule has 0 aromatic heterocycles. The average Bonchev–Trinajstić information content (AvgIpc) is 2.94. The highest BCUT2D eigenvalue weighted by Gasteiger charge is 2.37. The molecule has 6 nitrogen and oxygen atoms in total. The smallest absolute Gasteiger partial charge is 0.320 e. The monoisotopic (exact) mass is 284 g/mol. The van der Waals surface area contributed by atoms with E-state index >= 15 is 0 Å². The summed E-state index contributed by atoms with van der Waals surface area (Å²) < 4.78 is 4.93. The van der Waals surface area contributed by atoms with Gasteiger partial charge in [-0.3, -0.25) is 14.5 Å². The summed E-state index contributed by atoms with van der Waals surface area (Å²) in [6.45, 7) is 2.80. The first-order valence-corrected chi connectivity index (χ1v) is 7.38. The van der Waals surface area contributed by atoms with Crippen LogP contribution in [-0.4, -0.2) is 72.2 Å². The molecule has 6 heteroatoms. The molecule has 1 atom stereocenters. The number of hydrogen-bond acceptors (Lipinski definition) is 4. The van der Waals surface area contributed by atoms with Crippen LogP contribution in [0.15, 0.2) is 0 Å². The Kier molecular flexibility index (Phi) is 5.37. The zero-order valence-electron chi connectivity index (χ0n) is 12.1. The molecule has 2 aliphatic rings. The summed E-state index contributed by atoms with van der Waals surface area (Å²) in [5.41, 5.74) is 0. The zero-order chi connectivity index (χ0) is 14.5. The van der Waals surface area contributed by atoms with E-state index in [1.807, 2.05) is 4.90 Å². The minimum absolute atomic E-state index is 0.140. The SMILES string of the molecule is COCCC(=O)N1CCC(N2CCCC2C(=O)O)CC1. The fraction of sp³-hybridized carbons (Fsp3) is 0.857. The summed E-state index contributed by atoms with van der Waals surface area (Å²) in [6.07, 6.45) is 3.90. The van der Waals surface area contributed by atoms with Gasteiger partial charge in [0.05, 0.1) is 13.0 Å². The lowest BCUT2D eigenvalue weighted by atomic mass is 10.0. The van der Waals surface area contributed by atoms with Crippen LogP contribution < -0.4 is 0 Å². The van der Waals surface area contributed by atoms with Gasteiger partial charge in [-0.05, 0) is 32.2 Å². The number of carbonyl (C=O) groups excluding carboxylic acids is 1. The molecule has 0 aromatic rings. The van der Waals surface area contributed by atoms with Crippen LogP contribution in [0.4, 0.5) is 0 Å². The summed E-state index contributed by atoms with van der Waals surface area (Å²) in [6, 6.07) is -0.0131. The lowest BCUT2D eigenvalue weighted by molar-refractivity contribution is -0.144. The largest absolute Gasteiger partial charge is 0.480 e. The predicted molar refractivity (Wildman–Crippen MR) is 73.5 cm³/mol. The van der Waals surface area contributed by atoms with Crippen molar-refractivity contribution in [2.24, 2.45) is 0 Å². The van der Waals surface area contributed by atoms with Crippen LogP contribution in [0.2, 0.25) is 0 Å². The number of methoxy groups -OCH3 is 1. The van der Waals surface area contributed by atoms with Crippen molar-refractivity contribution in [2.45, 2.75) is 44.2 Å². The summed E-state index contributed by atoms with van der Waals surface area (Å²) in [7, 11) is 1.60. The van der Waals surface area contributed by atoms with E-state index in [9.17, 15) is 14.7 Å². The number of piperidine rings is 1. The Bertz CT molecular complexity index is 353. The Morgan fingerprint density at radius 2 is 1.90 bits per heavy atom. The van der Waals surface area contributed by atoms with Gasteiger partial charge in [0.1, 0.15) is 6.04 Å². The predicted octanol–water partition coefficient (Wildman–Crippen LogP) is 0.563. The minimum atomic E-state index is -0.707. The maximum absolute atomic E-state index is 11.9. The van der Waals surface area contributed by atoms with Crippen molar-refractivity contribution >= 4 is 11.9 Å². The number of aliphatic carboxylic acids is 1. The Hall–Kier alpha value is -1.14. The molecule has 0 aromatic carbocycles. The Morgan fingerprint density at radius 1 is 1.20 bits per heavy atom. The highest BCUT2D eigenvalue weighted by atomic mass is 16.5. The Morgan fingerprint density at radius 3 is 2.50 bits per heavy atom. The number of nitrogens with zero attached hydrogens (tertiary/aromatic N) is 2. The Balaban J connectivity index is 1.82. The van der Waals surface area contributed by atoms with E-state index in [1.165, 1.54) is 0 Å². The summed E-state index contributed by atoms with van der Waals surface area (Å²) in [5.74, 6) is -0.567. The molecule has 1 amide bonds. The molecule has 2 rings (SSSR count). The van der Waals surface area contributed by atoms with Crippen LogP contribution in [-0.2, 0) is 14.3 Å². The second kappa shape index (κ2) is 7.04. The number of hydrogen-bond donors (Lipinski definition) is 1. The van der Waals surface area contributed by atoms with Gasteiger partial charge in [0.15, 0.2) is 0 Å². The molecule has 0 saturated carbocycles. The average molecular weight is 284 g/mol. The molecule has 0 aliphatic carbocycles. The third-order valence-electron chi connectivity index (χ3n) is 4.39. The van der Waals surface area contributed by atoms with Crippen LogP contribution in [0.25, 0.3) is 0 Å². The normalized spacial score (nSPS) is 25.1. The van der Waals surface area contributed by atoms with Crippen molar-refractivity contribution in [3.63, 3.8) is 0 Å². The fourth-order valence-electron chi connectivity index (χ4n) is 3.29. The van der Waals surface area contributed by atoms with E-state index in [4.69, 9.17) is 4.74 Å². The summed E-state index contributed by atoms with van der Waals surface area (Å²) in [5, 5.41) is 9.23. The fourth-order valence-corrected chi connectivity index (χ4v) is 3.29. The second-order valence-electron chi connectivity index (χ2n) is 5.59. The van der Waals surface area contributed by atoms with E-state index in [-0.39, 0.29) is 11.9 Å². The van der Waals surface area contributed by atoms with Gasteiger partial charge in [0.2, 0.25) is 5.91 Å². The van der Waals surface area contributed by atoms with E-state index in [2.05, 4.69) is 4.90 Å². The molecule has 1 N–H and O–H groups in total. The van der Waals surface area contributed by atoms with Gasteiger partial charge in [0.25, 0.3) is 0 Å². The first-order valence-electron chi connectivity index (χ1n) is 7.38. The first kappa shape index (κ1) is 15.3. The maximum Gasteiger partial charge on any atom is 0.320 e. The number of carbonyl (C=O) groups is 2. The van der Waals surface area contributed by atoms with Crippen molar-refractivity contribution in [1.82, 2.24) is 9.80 Å². The number of rotatable bonds is 5. The second-order valence-corrected chi connectivity index (χ2v) is 5.59. The Labute approximate surface area is 119 Å². The highest BCUT2D eigenvalue weighted by Crippen LogP contribution is 2.26. The quantitative estimate of drug-likeness (QED) is 0.799. The van der Waals surface area contributed by atoms with E-state index in [0.717, 1.165) is 45.3 Å². The number of amides is 1. The van der Waals surface area contributed by atoms with Crippen LogP contribution in [0, 0.1) is 0 Å². The molecule has 2 heterocycles. The van der Waals surface area contributed by atoms with E-state index in [1.54, 1.807) is 7.11 Å². The molecule has 1 unspecified atom stereocenters. The first-order chi connectivity index (χ1) is 9.63. The molecule has 2 saturated heterocycles. The van der Waals surface area contributed by atoms with Gasteiger partial charge in [-0.15, -0.1) is 0 Å². The molecule has 0 spiro atoms.